The van der Waals surface area contributed by atoms with Gasteiger partial charge in [-0.3, -0.25) is 0 Å². The van der Waals surface area contributed by atoms with Crippen LogP contribution in [-0.2, 0) is 13.2 Å². The summed E-state index contributed by atoms with van der Waals surface area (Å²) in [5.41, 5.74) is 1.20. The van der Waals surface area contributed by atoms with Crippen LogP contribution in [0.1, 0.15) is 188 Å². The fraction of sp³-hybridized carbons (Fsp3) is 0.508. The number of carboxylic acids is 4. The molecule has 4 aliphatic carbocycles. The Kier molecular flexibility index (Phi) is 26.4. The number of hydrogen-bond donors (Lipinski definition) is 0. The van der Waals surface area contributed by atoms with Gasteiger partial charge in [-0.2, -0.15) is 0 Å². The summed E-state index contributed by atoms with van der Waals surface area (Å²) in [4.78, 5) is 49.3. The zero-order chi connectivity index (χ0) is 52.4. The molecular formula is C61H68Cl2Na4O10. The van der Waals surface area contributed by atoms with Gasteiger partial charge in [0.2, 0.25) is 0 Å². The molecule has 77 heavy (non-hydrogen) atoms. The molecule has 4 aromatic carbocycles. The number of carboxylic acid groups (broad SMARTS) is 4. The fourth-order valence-corrected chi connectivity index (χ4v) is 15.1. The van der Waals surface area contributed by atoms with Gasteiger partial charge < -0.3 is 49.1 Å². The molecular weight excluding hydrogens is 1060 g/mol. The molecule has 0 bridgehead atoms. The van der Waals surface area contributed by atoms with Crippen LogP contribution in [0.25, 0.3) is 5.57 Å². The number of allylic oxidation sites excluding steroid dienone is 1. The van der Waals surface area contributed by atoms with Gasteiger partial charge >= 0.3 is 118 Å². The molecule has 4 aromatic rings. The van der Waals surface area contributed by atoms with Crippen LogP contribution in [0.15, 0.2) is 78.9 Å². The van der Waals surface area contributed by atoms with Crippen molar-refractivity contribution in [3.8, 4) is 11.5 Å². The van der Waals surface area contributed by atoms with Crippen LogP contribution in [0.5, 0.6) is 11.5 Å². The van der Waals surface area contributed by atoms with Gasteiger partial charge in [-0.15, -0.1) is 0 Å². The monoisotopic (exact) mass is 1120 g/mol. The molecule has 0 amide bonds. The van der Waals surface area contributed by atoms with E-state index in [1.54, 1.807) is 12.1 Å². The van der Waals surface area contributed by atoms with Crippen molar-refractivity contribution >= 4 is 52.7 Å². The van der Waals surface area contributed by atoms with Crippen LogP contribution in [0.3, 0.4) is 0 Å². The first-order chi connectivity index (χ1) is 34.8. The van der Waals surface area contributed by atoms with Crippen LogP contribution >= 0.6 is 23.2 Å². The van der Waals surface area contributed by atoms with E-state index in [0.717, 1.165) is 54.8 Å². The molecule has 0 spiro atoms. The van der Waals surface area contributed by atoms with Gasteiger partial charge in [0, 0.05) is 22.3 Å². The number of rotatable bonds is 20. The van der Waals surface area contributed by atoms with Crippen molar-refractivity contribution in [2.75, 3.05) is 0 Å². The van der Waals surface area contributed by atoms with Gasteiger partial charge in [-0.05, 0) is 181 Å². The predicted molar refractivity (Wildman–Crippen MR) is 275 cm³/mol. The summed E-state index contributed by atoms with van der Waals surface area (Å²) < 4.78 is 11.8. The second kappa shape index (κ2) is 29.8. The molecule has 16 heteroatoms. The molecule has 390 valence electrons. The third-order valence-electron chi connectivity index (χ3n) is 18.3. The van der Waals surface area contributed by atoms with Gasteiger partial charge in [0.15, 0.2) is 0 Å². The second-order valence-electron chi connectivity index (χ2n) is 22.7. The first kappa shape index (κ1) is 68.2. The number of carbonyl (C=O) groups excluding carboxylic acids is 4. The normalized spacial score (nSPS) is 24.4. The van der Waals surface area contributed by atoms with Crippen molar-refractivity contribution in [1.29, 1.82) is 0 Å². The van der Waals surface area contributed by atoms with Crippen molar-refractivity contribution in [2.45, 2.75) is 138 Å². The van der Waals surface area contributed by atoms with Crippen LogP contribution in [0.2, 0.25) is 10.0 Å². The van der Waals surface area contributed by atoms with Gasteiger partial charge in [0.1, 0.15) is 24.7 Å². The zero-order valence-corrected chi connectivity index (χ0v) is 56.3. The standard InChI is InChI=1S/C61H72Cl2O10.4Na/c1-35(2)12-10-13-36(3)49-22-23-50-46-21-20-42-28-37(24-26-60(42,4)51(46)25-27-61(49,50)5)14-11-19-43(40-29-47(58(68)69)54(52(62)31-40)72-33-38-15-6-8-17-44(38)56(64)65)41-30-48(59(70)71)55(53(63)32-41)73-34-39-16-7-9-18-45(39)57(66)67;;;;/h6-9,15-19,29-32,35-37,42,46,49-51H,10-14,20-28,33-34H2,1-5H3,(H,64,65)(H,66,67)(H,68,69)(H,70,71);;;;/q;4*+1/p-4/t36?,37-,42?,46-,49+,50-,51-,60-,61+;;;;/m0..../s1. The van der Waals surface area contributed by atoms with Crippen LogP contribution < -0.4 is 148 Å². The van der Waals surface area contributed by atoms with E-state index in [4.69, 9.17) is 32.7 Å². The van der Waals surface area contributed by atoms with E-state index in [-0.39, 0.29) is 175 Å². The van der Waals surface area contributed by atoms with Crippen molar-refractivity contribution in [3.05, 3.63) is 133 Å². The molecule has 4 fully saturated rings. The number of ether oxygens (including phenoxy) is 2. The number of hydrogen-bond acceptors (Lipinski definition) is 10. The molecule has 0 heterocycles. The maximum atomic E-state index is 12.8. The number of carbonyl (C=O) groups is 4. The molecule has 4 saturated carbocycles. The summed E-state index contributed by atoms with van der Waals surface area (Å²) in [6.45, 7) is 11.8. The molecule has 10 nitrogen and oxygen atoms in total. The number of halogens is 2. The number of fused-ring (bicyclic) bond motifs is 5. The summed E-state index contributed by atoms with van der Waals surface area (Å²) in [6, 6.07) is 17.7. The van der Waals surface area contributed by atoms with Crippen LogP contribution in [-0.4, -0.2) is 23.9 Å². The summed E-state index contributed by atoms with van der Waals surface area (Å²) in [6.07, 6.45) is 18.8. The largest absolute Gasteiger partial charge is 1.00 e. The van der Waals surface area contributed by atoms with Gasteiger partial charge in [0.05, 0.1) is 33.9 Å². The Morgan fingerprint density at radius 2 is 1.12 bits per heavy atom. The zero-order valence-electron chi connectivity index (χ0n) is 46.8. The summed E-state index contributed by atoms with van der Waals surface area (Å²) in [5, 5.41) is 49.1. The van der Waals surface area contributed by atoms with E-state index in [9.17, 15) is 39.6 Å². The molecule has 0 aliphatic heterocycles. The summed E-state index contributed by atoms with van der Waals surface area (Å²) >= 11 is 13.7. The van der Waals surface area contributed by atoms with E-state index < -0.39 is 35.0 Å². The molecule has 0 saturated heterocycles. The predicted octanol–water partition coefficient (Wildman–Crippen LogP) is -1.43. The third kappa shape index (κ3) is 15.3. The van der Waals surface area contributed by atoms with E-state index >= 15 is 0 Å². The average molecular weight is 1120 g/mol. The SMILES string of the molecule is CC(C)CCCC(C)[C@H]1CC[C@H]2[C@@H]3CCC4C[C@@H](CCC=C(c5cc(Cl)c(OCc6ccccc6C(=O)[O-])c(C(=O)[O-])c5)c5cc(Cl)c(OCc6ccccc6C(=O)[O-])c(C(=O)[O-])c5)CC[C@]4(C)[C@H]3CC[C@]12C.[Na+].[Na+].[Na+].[Na+]. The molecule has 2 unspecified atom stereocenters. The Balaban J connectivity index is 0.00000320. The van der Waals surface area contributed by atoms with Crippen LogP contribution in [0.4, 0.5) is 0 Å². The maximum Gasteiger partial charge on any atom is 1.00 e. The van der Waals surface area contributed by atoms with Crippen molar-refractivity contribution in [1.82, 2.24) is 0 Å². The topological polar surface area (TPSA) is 179 Å². The quantitative estimate of drug-likeness (QED) is 0.0955. The minimum Gasteiger partial charge on any atom is -0.545 e. The Bertz CT molecular complexity index is 2640. The Morgan fingerprint density at radius 1 is 0.623 bits per heavy atom. The first-order valence-corrected chi connectivity index (χ1v) is 27.2. The smallest absolute Gasteiger partial charge is 0.545 e. The van der Waals surface area contributed by atoms with E-state index in [1.165, 1.54) is 125 Å². The molecule has 8 rings (SSSR count). The van der Waals surface area contributed by atoms with Gasteiger partial charge in [-0.25, -0.2) is 0 Å². The van der Waals surface area contributed by atoms with E-state index in [0.29, 0.717) is 45.8 Å². The minimum atomic E-state index is -1.61. The summed E-state index contributed by atoms with van der Waals surface area (Å²) in [5.74, 6) is -0.725. The number of aromatic carboxylic acids is 4. The minimum absolute atomic E-state index is 0. The van der Waals surface area contributed by atoms with Gasteiger partial charge in [-0.1, -0.05) is 132 Å². The van der Waals surface area contributed by atoms with Crippen LogP contribution in [0, 0.1) is 58.2 Å². The molecule has 0 N–H and O–H groups in total. The third-order valence-corrected chi connectivity index (χ3v) is 18.8. The fourth-order valence-electron chi connectivity index (χ4n) is 14.6. The molecule has 0 radical (unpaired) electrons. The molecule has 4 aliphatic rings. The second-order valence-corrected chi connectivity index (χ2v) is 23.5. The van der Waals surface area contributed by atoms with Crippen molar-refractivity contribution in [3.63, 3.8) is 0 Å². The van der Waals surface area contributed by atoms with E-state index in [2.05, 4.69) is 34.6 Å². The number of benzene rings is 4. The van der Waals surface area contributed by atoms with E-state index in [1.807, 2.05) is 6.08 Å². The summed E-state index contributed by atoms with van der Waals surface area (Å²) in [7, 11) is 0. The Hall–Kier alpha value is -1.32. The van der Waals surface area contributed by atoms with Crippen molar-refractivity contribution < 1.29 is 167 Å². The maximum absolute atomic E-state index is 12.8. The van der Waals surface area contributed by atoms with Crippen molar-refractivity contribution in [2.24, 2.45) is 58.2 Å². The Morgan fingerprint density at radius 3 is 1.62 bits per heavy atom. The Labute approximate surface area is 554 Å². The average Bonchev–Trinajstić information content (AvgIpc) is 3.72. The molecule has 9 atom stereocenters. The molecule has 0 aromatic heterocycles. The first-order valence-electron chi connectivity index (χ1n) is 26.4. The van der Waals surface area contributed by atoms with Gasteiger partial charge in [0.25, 0.3) is 0 Å².